The van der Waals surface area contributed by atoms with E-state index in [0.29, 0.717) is 12.1 Å². The monoisotopic (exact) mass is 378 g/mol. The molecular formula is C20H18N4O4. The number of carbonyl (C=O) groups is 2. The van der Waals surface area contributed by atoms with Crippen LogP contribution in [0.1, 0.15) is 11.1 Å². The summed E-state index contributed by atoms with van der Waals surface area (Å²) in [6.07, 6.45) is 1.87. The molecule has 0 aliphatic rings. The zero-order valence-electron chi connectivity index (χ0n) is 15.0. The largest absolute Gasteiger partial charge is 0.473 e. The molecule has 0 amide bonds. The Morgan fingerprint density at radius 2 is 1.68 bits per heavy atom. The van der Waals surface area contributed by atoms with E-state index in [2.05, 4.69) is 28.5 Å². The van der Waals surface area contributed by atoms with Gasteiger partial charge in [0.15, 0.2) is 0 Å². The minimum atomic E-state index is -1.82. The third kappa shape index (κ3) is 5.44. The van der Waals surface area contributed by atoms with Crippen molar-refractivity contribution >= 4 is 17.9 Å². The molecule has 0 fully saturated rings. The third-order valence-corrected chi connectivity index (χ3v) is 3.77. The van der Waals surface area contributed by atoms with E-state index >= 15 is 0 Å². The summed E-state index contributed by atoms with van der Waals surface area (Å²) in [5.74, 6) is -2.83. The van der Waals surface area contributed by atoms with Gasteiger partial charge in [-0.25, -0.2) is 14.6 Å². The number of hydrogen-bond donors (Lipinski definition) is 3. The first-order valence-electron chi connectivity index (χ1n) is 8.18. The fourth-order valence-electron chi connectivity index (χ4n) is 2.33. The van der Waals surface area contributed by atoms with Crippen molar-refractivity contribution in [3.8, 4) is 17.3 Å². The lowest BCUT2D eigenvalue weighted by atomic mass is 10.1. The van der Waals surface area contributed by atoms with E-state index in [9.17, 15) is 0 Å². The van der Waals surface area contributed by atoms with Gasteiger partial charge in [0.05, 0.1) is 23.5 Å². The van der Waals surface area contributed by atoms with Crippen molar-refractivity contribution in [1.82, 2.24) is 9.55 Å². The smallest absolute Gasteiger partial charge is 0.414 e. The molecule has 2 aromatic carbocycles. The van der Waals surface area contributed by atoms with E-state index in [0.717, 1.165) is 22.8 Å². The van der Waals surface area contributed by atoms with Gasteiger partial charge >= 0.3 is 11.9 Å². The van der Waals surface area contributed by atoms with Gasteiger partial charge < -0.3 is 20.1 Å². The van der Waals surface area contributed by atoms with Crippen LogP contribution in [0.25, 0.3) is 11.3 Å². The Kier molecular flexibility index (Phi) is 6.88. The van der Waals surface area contributed by atoms with Crippen LogP contribution < -0.4 is 5.32 Å². The van der Waals surface area contributed by atoms with Crippen LogP contribution in [-0.2, 0) is 23.2 Å². The fourth-order valence-corrected chi connectivity index (χ4v) is 2.33. The Bertz CT molecular complexity index is 977. The maximum atomic E-state index is 9.10. The molecule has 3 N–H and O–H groups in total. The van der Waals surface area contributed by atoms with E-state index in [1.54, 1.807) is 0 Å². The number of imidazole rings is 1. The number of hydrogen-bond acceptors (Lipinski definition) is 5. The van der Waals surface area contributed by atoms with Crippen molar-refractivity contribution in [2.24, 2.45) is 7.05 Å². The lowest BCUT2D eigenvalue weighted by Gasteiger charge is -2.08. The van der Waals surface area contributed by atoms with Gasteiger partial charge in [0.2, 0.25) is 5.95 Å². The van der Waals surface area contributed by atoms with Gasteiger partial charge in [-0.15, -0.1) is 0 Å². The van der Waals surface area contributed by atoms with Crippen LogP contribution in [0, 0.1) is 11.3 Å². The number of rotatable bonds is 4. The van der Waals surface area contributed by atoms with Crippen molar-refractivity contribution in [2.45, 2.75) is 6.54 Å². The maximum absolute atomic E-state index is 9.10. The summed E-state index contributed by atoms with van der Waals surface area (Å²) in [5, 5.41) is 26.9. The fraction of sp³-hybridized carbons (Fsp3) is 0.100. The molecule has 3 aromatic rings. The first kappa shape index (κ1) is 20.2. The average Bonchev–Trinajstić information content (AvgIpc) is 3.08. The van der Waals surface area contributed by atoms with E-state index in [4.69, 9.17) is 25.1 Å². The van der Waals surface area contributed by atoms with Crippen LogP contribution in [-0.4, -0.2) is 31.7 Å². The van der Waals surface area contributed by atoms with Crippen LogP contribution >= 0.6 is 0 Å². The number of nitriles is 1. The van der Waals surface area contributed by atoms with Crippen LogP contribution in [0.5, 0.6) is 0 Å². The maximum Gasteiger partial charge on any atom is 0.414 e. The first-order valence-corrected chi connectivity index (χ1v) is 8.18. The van der Waals surface area contributed by atoms with Gasteiger partial charge in [0, 0.05) is 13.6 Å². The molecule has 0 unspecified atom stereocenters. The SMILES string of the molecule is Cn1c(-c2ccccc2)cnc1NCc1ccc(C#N)cc1.O=C(O)C(=O)O. The van der Waals surface area contributed by atoms with E-state index in [1.165, 1.54) is 0 Å². The predicted molar refractivity (Wildman–Crippen MR) is 102 cm³/mol. The van der Waals surface area contributed by atoms with Crippen molar-refractivity contribution in [2.75, 3.05) is 5.32 Å². The summed E-state index contributed by atoms with van der Waals surface area (Å²) in [7, 11) is 2.00. The second kappa shape index (κ2) is 9.54. The molecule has 0 aliphatic carbocycles. The molecule has 8 nitrogen and oxygen atoms in total. The number of nitrogens with zero attached hydrogens (tertiary/aromatic N) is 3. The van der Waals surface area contributed by atoms with Crippen molar-refractivity contribution in [1.29, 1.82) is 5.26 Å². The highest BCUT2D eigenvalue weighted by Gasteiger charge is 2.07. The molecular weight excluding hydrogens is 360 g/mol. The highest BCUT2D eigenvalue weighted by atomic mass is 16.4. The standard InChI is InChI=1S/C18H16N4.C2H2O4/c1-22-17(16-5-3-2-4-6-16)13-21-18(22)20-12-15-9-7-14(11-19)8-10-15;3-1(4)2(5)6/h2-10,13H,12H2,1H3,(H,20,21);(H,3,4)(H,5,6). The Balaban J connectivity index is 0.000000409. The number of nitrogens with one attached hydrogen (secondary N) is 1. The average molecular weight is 378 g/mol. The van der Waals surface area contributed by atoms with Crippen LogP contribution in [0.2, 0.25) is 0 Å². The number of anilines is 1. The minimum Gasteiger partial charge on any atom is -0.473 e. The summed E-state index contributed by atoms with van der Waals surface area (Å²) in [4.78, 5) is 22.6. The Labute approximate surface area is 161 Å². The van der Waals surface area contributed by atoms with Crippen LogP contribution in [0.3, 0.4) is 0 Å². The third-order valence-electron chi connectivity index (χ3n) is 3.77. The van der Waals surface area contributed by atoms with Gasteiger partial charge in [-0.3, -0.25) is 0 Å². The van der Waals surface area contributed by atoms with E-state index in [1.807, 2.05) is 60.3 Å². The number of aromatic nitrogens is 2. The zero-order valence-corrected chi connectivity index (χ0v) is 15.0. The van der Waals surface area contributed by atoms with Crippen molar-refractivity contribution in [3.05, 3.63) is 71.9 Å². The van der Waals surface area contributed by atoms with Crippen molar-refractivity contribution < 1.29 is 19.8 Å². The molecule has 3 rings (SSSR count). The summed E-state index contributed by atoms with van der Waals surface area (Å²) in [6, 6.07) is 19.9. The zero-order chi connectivity index (χ0) is 20.5. The quantitative estimate of drug-likeness (QED) is 0.595. The lowest BCUT2D eigenvalue weighted by molar-refractivity contribution is -0.159. The number of carboxylic acids is 2. The molecule has 8 heteroatoms. The van der Waals surface area contributed by atoms with Gasteiger partial charge in [-0.05, 0) is 23.3 Å². The molecule has 0 saturated heterocycles. The highest BCUT2D eigenvalue weighted by molar-refractivity contribution is 6.27. The summed E-state index contributed by atoms with van der Waals surface area (Å²) in [5.41, 5.74) is 4.00. The second-order valence-corrected chi connectivity index (χ2v) is 5.66. The summed E-state index contributed by atoms with van der Waals surface area (Å²) in [6.45, 7) is 0.671. The lowest BCUT2D eigenvalue weighted by Crippen LogP contribution is -2.09. The Morgan fingerprint density at radius 3 is 2.21 bits per heavy atom. The van der Waals surface area contributed by atoms with Crippen LogP contribution in [0.4, 0.5) is 5.95 Å². The topological polar surface area (TPSA) is 128 Å². The van der Waals surface area contributed by atoms with Crippen LogP contribution in [0.15, 0.2) is 60.8 Å². The molecule has 1 heterocycles. The van der Waals surface area contributed by atoms with Gasteiger partial charge in [0.1, 0.15) is 0 Å². The summed E-state index contributed by atoms with van der Waals surface area (Å²) >= 11 is 0. The van der Waals surface area contributed by atoms with E-state index in [-0.39, 0.29) is 0 Å². The molecule has 0 bridgehead atoms. The molecule has 0 spiro atoms. The summed E-state index contributed by atoms with van der Waals surface area (Å²) < 4.78 is 2.04. The normalized spacial score (nSPS) is 9.57. The Morgan fingerprint density at radius 1 is 1.07 bits per heavy atom. The molecule has 0 saturated carbocycles. The molecule has 0 radical (unpaired) electrons. The molecule has 142 valence electrons. The molecule has 1 aromatic heterocycles. The van der Waals surface area contributed by atoms with Gasteiger partial charge in [-0.2, -0.15) is 5.26 Å². The van der Waals surface area contributed by atoms with Crippen molar-refractivity contribution in [3.63, 3.8) is 0 Å². The predicted octanol–water partition coefficient (Wildman–Crippen LogP) is 2.73. The second-order valence-electron chi connectivity index (χ2n) is 5.66. The number of aliphatic carboxylic acids is 2. The minimum absolute atomic E-state index is 0.671. The molecule has 0 aliphatic heterocycles. The molecule has 28 heavy (non-hydrogen) atoms. The van der Waals surface area contributed by atoms with E-state index < -0.39 is 11.9 Å². The molecule has 0 atom stereocenters. The first-order chi connectivity index (χ1) is 13.4. The number of benzene rings is 2. The highest BCUT2D eigenvalue weighted by Crippen LogP contribution is 2.21. The van der Waals surface area contributed by atoms with Gasteiger partial charge in [0.25, 0.3) is 0 Å². The van der Waals surface area contributed by atoms with Gasteiger partial charge in [-0.1, -0.05) is 42.5 Å². The Hall–Kier alpha value is -4.12. The number of carboxylic acid groups (broad SMARTS) is 2.